The van der Waals surface area contributed by atoms with E-state index < -0.39 is 12.0 Å². The van der Waals surface area contributed by atoms with Gasteiger partial charge in [-0.15, -0.1) is 0 Å². The van der Waals surface area contributed by atoms with Crippen LogP contribution in [0.2, 0.25) is 5.02 Å². The molecule has 1 heterocycles. The maximum absolute atomic E-state index is 13.0. The number of nitrogens with zero attached hydrogens (tertiary/aromatic N) is 2. The number of rotatable bonds is 5. The minimum Gasteiger partial charge on any atom is -0.461 e. The lowest BCUT2D eigenvalue weighted by atomic mass is 10.1. The summed E-state index contributed by atoms with van der Waals surface area (Å²) in [5.74, 6) is -0.778. The average Bonchev–Trinajstić information content (AvgIpc) is 3.12. The molecule has 6 nitrogen and oxygen atoms in total. The van der Waals surface area contributed by atoms with E-state index >= 15 is 0 Å². The van der Waals surface area contributed by atoms with Gasteiger partial charge in [0.2, 0.25) is 5.91 Å². The number of hydrazone groups is 1. The second-order valence-electron chi connectivity index (χ2n) is 6.07. The zero-order chi connectivity index (χ0) is 19.4. The van der Waals surface area contributed by atoms with Gasteiger partial charge in [0.1, 0.15) is 11.8 Å². The van der Waals surface area contributed by atoms with E-state index in [0.717, 1.165) is 11.3 Å². The van der Waals surface area contributed by atoms with Crippen molar-refractivity contribution in [3.8, 4) is 0 Å². The zero-order valence-corrected chi connectivity index (χ0v) is 15.9. The van der Waals surface area contributed by atoms with Crippen LogP contribution in [0.5, 0.6) is 0 Å². The molecule has 1 aliphatic heterocycles. The fourth-order valence-electron chi connectivity index (χ4n) is 2.83. The molecule has 1 atom stereocenters. The number of benzene rings is 2. The van der Waals surface area contributed by atoms with Crippen LogP contribution in [0.15, 0.2) is 53.6 Å². The van der Waals surface area contributed by atoms with Gasteiger partial charge in [-0.05, 0) is 43.7 Å². The number of anilines is 2. The highest BCUT2D eigenvalue weighted by Crippen LogP contribution is 2.28. The molecule has 1 amide bonds. The van der Waals surface area contributed by atoms with Crippen LogP contribution < -0.4 is 10.3 Å². The maximum Gasteiger partial charge on any atom is 0.354 e. The highest BCUT2D eigenvalue weighted by Gasteiger charge is 2.37. The number of hydrogen-bond acceptors (Lipinski definition) is 5. The number of nitrogens with one attached hydrogen (secondary N) is 1. The van der Waals surface area contributed by atoms with Crippen molar-refractivity contribution >= 4 is 40.6 Å². The molecule has 0 aliphatic carbocycles. The Morgan fingerprint density at radius 1 is 1.22 bits per heavy atom. The first-order valence-electron chi connectivity index (χ1n) is 8.66. The second-order valence-corrected chi connectivity index (χ2v) is 6.48. The van der Waals surface area contributed by atoms with Gasteiger partial charge in [0, 0.05) is 17.1 Å². The van der Waals surface area contributed by atoms with Crippen molar-refractivity contribution < 1.29 is 14.3 Å². The second kappa shape index (κ2) is 8.22. The first-order valence-corrected chi connectivity index (χ1v) is 9.04. The van der Waals surface area contributed by atoms with Gasteiger partial charge >= 0.3 is 5.97 Å². The molecular formula is C20H20ClN3O3. The summed E-state index contributed by atoms with van der Waals surface area (Å²) in [6.45, 7) is 3.82. The molecule has 0 saturated heterocycles. The Kier molecular flexibility index (Phi) is 5.76. The van der Waals surface area contributed by atoms with Crippen molar-refractivity contribution in [2.24, 2.45) is 5.10 Å². The van der Waals surface area contributed by atoms with Crippen molar-refractivity contribution in [3.63, 3.8) is 0 Å². The molecule has 0 bridgehead atoms. The summed E-state index contributed by atoms with van der Waals surface area (Å²) in [5.41, 5.74) is 2.36. The molecule has 0 radical (unpaired) electrons. The van der Waals surface area contributed by atoms with Crippen molar-refractivity contribution in [1.29, 1.82) is 0 Å². The van der Waals surface area contributed by atoms with E-state index in [-0.39, 0.29) is 24.6 Å². The molecule has 27 heavy (non-hydrogen) atoms. The van der Waals surface area contributed by atoms with Gasteiger partial charge in [-0.3, -0.25) is 9.80 Å². The Morgan fingerprint density at radius 2 is 1.96 bits per heavy atom. The summed E-state index contributed by atoms with van der Waals surface area (Å²) < 4.78 is 5.05. The zero-order valence-electron chi connectivity index (χ0n) is 15.1. The Bertz CT molecular complexity index is 883. The summed E-state index contributed by atoms with van der Waals surface area (Å²) in [5, 5.41) is 9.37. The highest BCUT2D eigenvalue weighted by atomic mass is 35.5. The molecule has 2 aromatic carbocycles. The fourth-order valence-corrected chi connectivity index (χ4v) is 3.00. The Morgan fingerprint density at radius 3 is 2.67 bits per heavy atom. The quantitative estimate of drug-likeness (QED) is 0.795. The molecule has 1 N–H and O–H groups in total. The number of carbonyl (C=O) groups excluding carboxylic acids is 2. The van der Waals surface area contributed by atoms with Gasteiger partial charge < -0.3 is 10.1 Å². The van der Waals surface area contributed by atoms with Crippen LogP contribution in [0.25, 0.3) is 0 Å². The standard InChI is InChI=1S/C20H20ClN3O3/c1-3-27-20(26)17-12-18(24(23-17)14-8-5-4-6-9-14)19(25)22-16-11-7-10-15(21)13(16)2/h4-11,18H,3,12H2,1-2H3,(H,22,25). The Labute approximate surface area is 162 Å². The first kappa shape index (κ1) is 18.9. The summed E-state index contributed by atoms with van der Waals surface area (Å²) >= 11 is 6.14. The van der Waals surface area contributed by atoms with E-state index in [1.807, 2.05) is 37.3 Å². The maximum atomic E-state index is 13.0. The molecule has 1 aliphatic rings. The van der Waals surface area contributed by atoms with Gasteiger partial charge in [-0.25, -0.2) is 4.79 Å². The largest absolute Gasteiger partial charge is 0.461 e. The number of carbonyl (C=O) groups is 2. The van der Waals surface area contributed by atoms with Crippen LogP contribution in [-0.4, -0.2) is 30.2 Å². The predicted octanol–water partition coefficient (Wildman–Crippen LogP) is 3.78. The van der Waals surface area contributed by atoms with Crippen LogP contribution >= 0.6 is 11.6 Å². The molecular weight excluding hydrogens is 366 g/mol. The molecule has 0 fully saturated rings. The normalized spacial score (nSPS) is 16.0. The van der Waals surface area contributed by atoms with E-state index in [9.17, 15) is 9.59 Å². The number of halogens is 1. The minimum absolute atomic E-state index is 0.166. The third kappa shape index (κ3) is 4.11. The van der Waals surface area contributed by atoms with Crippen LogP contribution in [0, 0.1) is 6.92 Å². The predicted molar refractivity (Wildman–Crippen MR) is 106 cm³/mol. The summed E-state index contributed by atoms with van der Waals surface area (Å²) in [6, 6.07) is 13.9. The molecule has 7 heteroatoms. The lowest BCUT2D eigenvalue weighted by Gasteiger charge is -2.23. The van der Waals surface area contributed by atoms with E-state index in [2.05, 4.69) is 10.4 Å². The van der Waals surface area contributed by atoms with Crippen LogP contribution in [0.3, 0.4) is 0 Å². The number of hydrogen-bond donors (Lipinski definition) is 1. The van der Waals surface area contributed by atoms with Gasteiger partial charge in [0.15, 0.2) is 0 Å². The summed E-state index contributed by atoms with van der Waals surface area (Å²) in [7, 11) is 0. The first-order chi connectivity index (χ1) is 13.0. The lowest BCUT2D eigenvalue weighted by Crippen LogP contribution is -2.39. The topological polar surface area (TPSA) is 71.0 Å². The minimum atomic E-state index is -0.662. The van der Waals surface area contributed by atoms with Gasteiger partial charge in [0.25, 0.3) is 0 Å². The van der Waals surface area contributed by atoms with Crippen molar-refractivity contribution in [1.82, 2.24) is 0 Å². The third-order valence-corrected chi connectivity index (χ3v) is 4.68. The van der Waals surface area contributed by atoms with E-state index in [1.54, 1.807) is 30.1 Å². The molecule has 2 aromatic rings. The van der Waals surface area contributed by atoms with E-state index in [0.29, 0.717) is 10.7 Å². The van der Waals surface area contributed by atoms with Crippen molar-refractivity contribution in [3.05, 3.63) is 59.1 Å². The van der Waals surface area contributed by atoms with E-state index in [4.69, 9.17) is 16.3 Å². The molecule has 0 saturated carbocycles. The molecule has 3 rings (SSSR count). The lowest BCUT2D eigenvalue weighted by molar-refractivity contribution is -0.135. The third-order valence-electron chi connectivity index (χ3n) is 4.27. The van der Waals surface area contributed by atoms with Gasteiger partial charge in [-0.2, -0.15) is 5.10 Å². The number of para-hydroxylation sites is 1. The monoisotopic (exact) mass is 385 g/mol. The summed E-state index contributed by atoms with van der Waals surface area (Å²) in [4.78, 5) is 25.1. The molecule has 1 unspecified atom stereocenters. The number of amides is 1. The van der Waals surface area contributed by atoms with Gasteiger partial charge in [0.05, 0.1) is 12.3 Å². The Balaban J connectivity index is 1.87. The molecule has 0 aromatic heterocycles. The molecule has 0 spiro atoms. The smallest absolute Gasteiger partial charge is 0.354 e. The molecule has 140 valence electrons. The van der Waals surface area contributed by atoms with Crippen LogP contribution in [0.1, 0.15) is 18.9 Å². The van der Waals surface area contributed by atoms with Crippen LogP contribution in [-0.2, 0) is 14.3 Å². The fraction of sp³-hybridized carbons (Fsp3) is 0.250. The van der Waals surface area contributed by atoms with Crippen molar-refractivity contribution in [2.75, 3.05) is 16.9 Å². The summed E-state index contributed by atoms with van der Waals surface area (Å²) in [6.07, 6.45) is 0.166. The number of ether oxygens (including phenoxy) is 1. The average molecular weight is 386 g/mol. The SMILES string of the molecule is CCOC(=O)C1=NN(c2ccccc2)C(C(=O)Nc2cccc(Cl)c2C)C1. The van der Waals surface area contributed by atoms with E-state index in [1.165, 1.54) is 0 Å². The van der Waals surface area contributed by atoms with Crippen LogP contribution in [0.4, 0.5) is 11.4 Å². The highest BCUT2D eigenvalue weighted by molar-refractivity contribution is 6.38. The van der Waals surface area contributed by atoms with Gasteiger partial charge in [-0.1, -0.05) is 35.9 Å². The number of esters is 1. The van der Waals surface area contributed by atoms with Crippen molar-refractivity contribution in [2.45, 2.75) is 26.3 Å². The Hall–Kier alpha value is -2.86.